The van der Waals surface area contributed by atoms with Crippen LogP contribution in [0.2, 0.25) is 0 Å². The van der Waals surface area contributed by atoms with Gasteiger partial charge in [0, 0.05) is 26.0 Å². The first-order valence-corrected chi connectivity index (χ1v) is 6.01. The Morgan fingerprint density at radius 2 is 2.31 bits per heavy atom. The molecule has 0 aliphatic rings. The number of hydrogen-bond acceptors (Lipinski definition) is 3. The van der Waals surface area contributed by atoms with Crippen LogP contribution in [-0.4, -0.2) is 25.2 Å². The van der Waals surface area contributed by atoms with Crippen LogP contribution in [0.1, 0.15) is 37.9 Å². The summed E-state index contributed by atoms with van der Waals surface area (Å²) in [7, 11) is 1.75. The van der Waals surface area contributed by atoms with Crippen LogP contribution < -0.4 is 5.32 Å². The van der Waals surface area contributed by atoms with Gasteiger partial charge in [-0.15, -0.1) is 0 Å². The monoisotopic (exact) mass is 222 g/mol. The Kier molecular flexibility index (Phi) is 6.77. The van der Waals surface area contributed by atoms with Crippen molar-refractivity contribution in [1.82, 2.24) is 10.3 Å². The van der Waals surface area contributed by atoms with Crippen molar-refractivity contribution in [2.75, 3.05) is 20.3 Å². The van der Waals surface area contributed by atoms with Gasteiger partial charge >= 0.3 is 0 Å². The lowest BCUT2D eigenvalue weighted by Crippen LogP contribution is -2.23. The minimum absolute atomic E-state index is 0.358. The molecule has 1 N–H and O–H groups in total. The van der Waals surface area contributed by atoms with Gasteiger partial charge < -0.3 is 10.1 Å². The molecular weight excluding hydrogens is 200 g/mol. The van der Waals surface area contributed by atoms with Crippen molar-refractivity contribution in [3.8, 4) is 0 Å². The summed E-state index contributed by atoms with van der Waals surface area (Å²) in [6.07, 6.45) is 5.14. The number of pyridine rings is 1. The van der Waals surface area contributed by atoms with E-state index in [-0.39, 0.29) is 0 Å². The normalized spacial score (nSPS) is 12.6. The Labute approximate surface area is 98.2 Å². The topological polar surface area (TPSA) is 34.1 Å². The Bertz CT molecular complexity index is 264. The van der Waals surface area contributed by atoms with E-state index < -0.39 is 0 Å². The molecule has 0 bridgehead atoms. The Balaban J connectivity index is 2.49. The van der Waals surface area contributed by atoms with Gasteiger partial charge in [-0.05, 0) is 37.9 Å². The van der Waals surface area contributed by atoms with Gasteiger partial charge in [-0.3, -0.25) is 4.98 Å². The zero-order valence-electron chi connectivity index (χ0n) is 10.3. The second-order valence-corrected chi connectivity index (χ2v) is 3.90. The van der Waals surface area contributed by atoms with E-state index in [0.717, 1.165) is 38.1 Å². The van der Waals surface area contributed by atoms with E-state index in [0.29, 0.717) is 6.04 Å². The molecule has 0 fully saturated rings. The lowest BCUT2D eigenvalue weighted by Gasteiger charge is -2.17. The number of methoxy groups -OCH3 is 1. The predicted molar refractivity (Wildman–Crippen MR) is 66.4 cm³/mol. The maximum atomic E-state index is 5.08. The summed E-state index contributed by atoms with van der Waals surface area (Å²) in [5.41, 5.74) is 1.13. The van der Waals surface area contributed by atoms with Crippen LogP contribution in [0.3, 0.4) is 0 Å². The van der Waals surface area contributed by atoms with Crippen molar-refractivity contribution in [2.45, 2.75) is 32.2 Å². The third kappa shape index (κ3) is 4.73. The zero-order chi connectivity index (χ0) is 11.6. The van der Waals surface area contributed by atoms with E-state index >= 15 is 0 Å². The summed E-state index contributed by atoms with van der Waals surface area (Å²) in [5, 5.41) is 3.53. The first-order valence-electron chi connectivity index (χ1n) is 6.01. The van der Waals surface area contributed by atoms with Gasteiger partial charge in [-0.25, -0.2) is 0 Å². The molecular formula is C13H22N2O. The van der Waals surface area contributed by atoms with Crippen molar-refractivity contribution in [2.24, 2.45) is 0 Å². The standard InChI is InChI=1S/C13H22N2O/c1-3-9-14-13(8-6-11-16-2)12-7-4-5-10-15-12/h4-5,7,10,13-14H,3,6,8-9,11H2,1-2H3. The van der Waals surface area contributed by atoms with Crippen LogP contribution in [0.5, 0.6) is 0 Å². The molecule has 0 aliphatic carbocycles. The third-order valence-corrected chi connectivity index (χ3v) is 2.53. The molecule has 1 unspecified atom stereocenters. The van der Waals surface area contributed by atoms with Crippen molar-refractivity contribution >= 4 is 0 Å². The Morgan fingerprint density at radius 3 is 2.94 bits per heavy atom. The summed E-state index contributed by atoms with van der Waals surface area (Å²) in [6.45, 7) is 4.03. The highest BCUT2D eigenvalue weighted by molar-refractivity contribution is 5.08. The summed E-state index contributed by atoms with van der Waals surface area (Å²) >= 11 is 0. The van der Waals surface area contributed by atoms with Crippen LogP contribution in [0.25, 0.3) is 0 Å². The molecule has 0 amide bonds. The van der Waals surface area contributed by atoms with Crippen molar-refractivity contribution in [1.29, 1.82) is 0 Å². The molecule has 0 spiro atoms. The molecule has 3 heteroatoms. The molecule has 1 aromatic heterocycles. The molecule has 0 saturated carbocycles. The first-order chi connectivity index (χ1) is 7.88. The highest BCUT2D eigenvalue weighted by Crippen LogP contribution is 2.15. The lowest BCUT2D eigenvalue weighted by atomic mass is 10.1. The fourth-order valence-electron chi connectivity index (χ4n) is 1.69. The molecule has 16 heavy (non-hydrogen) atoms. The van der Waals surface area contributed by atoms with Gasteiger partial charge in [-0.1, -0.05) is 13.0 Å². The highest BCUT2D eigenvalue weighted by Gasteiger charge is 2.10. The smallest absolute Gasteiger partial charge is 0.0573 e. The fourth-order valence-corrected chi connectivity index (χ4v) is 1.69. The van der Waals surface area contributed by atoms with E-state index in [1.165, 1.54) is 0 Å². The van der Waals surface area contributed by atoms with E-state index in [2.05, 4.69) is 23.3 Å². The van der Waals surface area contributed by atoms with Gasteiger partial charge in [0.1, 0.15) is 0 Å². The van der Waals surface area contributed by atoms with Gasteiger partial charge in [0.2, 0.25) is 0 Å². The molecule has 3 nitrogen and oxygen atoms in total. The first kappa shape index (κ1) is 13.1. The average molecular weight is 222 g/mol. The Hall–Kier alpha value is -0.930. The van der Waals surface area contributed by atoms with E-state index in [1.807, 2.05) is 18.3 Å². The molecule has 1 rings (SSSR count). The molecule has 1 heterocycles. The third-order valence-electron chi connectivity index (χ3n) is 2.53. The summed E-state index contributed by atoms with van der Waals surface area (Å²) in [6, 6.07) is 6.44. The Morgan fingerprint density at radius 1 is 1.44 bits per heavy atom. The average Bonchev–Trinajstić information content (AvgIpc) is 2.35. The molecule has 1 aromatic rings. The molecule has 90 valence electrons. The summed E-state index contributed by atoms with van der Waals surface area (Å²) in [4.78, 5) is 4.41. The number of ether oxygens (including phenoxy) is 1. The quantitative estimate of drug-likeness (QED) is 0.686. The SMILES string of the molecule is CCCNC(CCCOC)c1ccccn1. The van der Waals surface area contributed by atoms with Gasteiger partial charge in [0.15, 0.2) is 0 Å². The summed E-state index contributed by atoms with van der Waals surface area (Å²) < 4.78 is 5.08. The van der Waals surface area contributed by atoms with Crippen molar-refractivity contribution < 1.29 is 4.74 Å². The second kappa shape index (κ2) is 8.25. The van der Waals surface area contributed by atoms with Crippen molar-refractivity contribution in [3.63, 3.8) is 0 Å². The maximum Gasteiger partial charge on any atom is 0.0573 e. The van der Waals surface area contributed by atoms with Crippen LogP contribution in [0.4, 0.5) is 0 Å². The van der Waals surface area contributed by atoms with Crippen LogP contribution in [0, 0.1) is 0 Å². The number of aromatic nitrogens is 1. The van der Waals surface area contributed by atoms with Crippen LogP contribution in [0.15, 0.2) is 24.4 Å². The molecule has 0 radical (unpaired) electrons. The number of nitrogens with one attached hydrogen (secondary N) is 1. The molecule has 0 aliphatic heterocycles. The molecule has 1 atom stereocenters. The van der Waals surface area contributed by atoms with E-state index in [9.17, 15) is 0 Å². The second-order valence-electron chi connectivity index (χ2n) is 3.90. The maximum absolute atomic E-state index is 5.08. The van der Waals surface area contributed by atoms with Gasteiger partial charge in [0.05, 0.1) is 5.69 Å². The van der Waals surface area contributed by atoms with Gasteiger partial charge in [0.25, 0.3) is 0 Å². The number of nitrogens with zero attached hydrogens (tertiary/aromatic N) is 1. The minimum atomic E-state index is 0.358. The lowest BCUT2D eigenvalue weighted by molar-refractivity contribution is 0.188. The minimum Gasteiger partial charge on any atom is -0.385 e. The van der Waals surface area contributed by atoms with E-state index in [1.54, 1.807) is 7.11 Å². The largest absolute Gasteiger partial charge is 0.385 e. The van der Waals surface area contributed by atoms with Crippen molar-refractivity contribution in [3.05, 3.63) is 30.1 Å². The molecule has 0 saturated heterocycles. The van der Waals surface area contributed by atoms with Crippen LogP contribution in [-0.2, 0) is 4.74 Å². The number of hydrogen-bond donors (Lipinski definition) is 1. The van der Waals surface area contributed by atoms with Crippen LogP contribution >= 0.6 is 0 Å². The molecule has 0 aromatic carbocycles. The van der Waals surface area contributed by atoms with Gasteiger partial charge in [-0.2, -0.15) is 0 Å². The highest BCUT2D eigenvalue weighted by atomic mass is 16.5. The zero-order valence-corrected chi connectivity index (χ0v) is 10.3. The summed E-state index contributed by atoms with van der Waals surface area (Å²) in [5.74, 6) is 0. The van der Waals surface area contributed by atoms with E-state index in [4.69, 9.17) is 4.74 Å². The predicted octanol–water partition coefficient (Wildman–Crippen LogP) is 2.55. The fraction of sp³-hybridized carbons (Fsp3) is 0.615. The number of rotatable bonds is 8.